The summed E-state index contributed by atoms with van der Waals surface area (Å²) >= 11 is 1.71. The molecule has 136 valence electrons. The summed E-state index contributed by atoms with van der Waals surface area (Å²) in [6.45, 7) is 9.66. The maximum atomic E-state index is 5.93. The lowest BCUT2D eigenvalue weighted by atomic mass is 10.1. The fourth-order valence-electron chi connectivity index (χ4n) is 2.63. The first-order valence-electron chi connectivity index (χ1n) is 8.87. The van der Waals surface area contributed by atoms with Crippen LogP contribution in [0.4, 0.5) is 0 Å². The van der Waals surface area contributed by atoms with Gasteiger partial charge in [-0.25, -0.2) is 0 Å². The van der Waals surface area contributed by atoms with Crippen LogP contribution < -0.4 is 4.74 Å². The van der Waals surface area contributed by atoms with E-state index < -0.39 is 0 Å². The number of hydrogen-bond acceptors (Lipinski definition) is 4. The average Bonchev–Trinajstić information content (AvgIpc) is 3.04. The van der Waals surface area contributed by atoms with Gasteiger partial charge in [-0.3, -0.25) is 0 Å². The van der Waals surface area contributed by atoms with E-state index in [2.05, 4.69) is 78.9 Å². The molecule has 0 radical (unpaired) electrons. The van der Waals surface area contributed by atoms with E-state index in [1.165, 1.54) is 22.3 Å². The lowest BCUT2D eigenvalue weighted by Crippen LogP contribution is -2.07. The van der Waals surface area contributed by atoms with Gasteiger partial charge in [-0.05, 0) is 56.5 Å². The lowest BCUT2D eigenvalue weighted by Gasteiger charge is -2.10. The predicted molar refractivity (Wildman–Crippen MR) is 107 cm³/mol. The highest BCUT2D eigenvalue weighted by Crippen LogP contribution is 2.23. The number of hydrogen-bond donors (Lipinski definition) is 0. The Kier molecular flexibility index (Phi) is 5.99. The maximum absolute atomic E-state index is 5.93. The van der Waals surface area contributed by atoms with Crippen molar-refractivity contribution >= 4 is 11.8 Å². The molecule has 3 aromatic rings. The third-order valence-corrected chi connectivity index (χ3v) is 5.48. The van der Waals surface area contributed by atoms with Crippen molar-refractivity contribution < 1.29 is 4.74 Å². The largest absolute Gasteiger partial charge is 0.486 e. The zero-order valence-electron chi connectivity index (χ0n) is 15.8. The molecule has 0 unspecified atom stereocenters. The second kappa shape index (κ2) is 8.41. The molecule has 26 heavy (non-hydrogen) atoms. The minimum atomic E-state index is 0.425. The van der Waals surface area contributed by atoms with E-state index in [-0.39, 0.29) is 0 Å². The normalized spacial score (nSPS) is 10.9. The Morgan fingerprint density at radius 3 is 2.42 bits per heavy atom. The number of aryl methyl sites for hydroxylation is 3. The van der Waals surface area contributed by atoms with Crippen LogP contribution >= 0.6 is 11.8 Å². The van der Waals surface area contributed by atoms with Crippen molar-refractivity contribution in [1.29, 1.82) is 0 Å². The van der Waals surface area contributed by atoms with Crippen LogP contribution in [-0.4, -0.2) is 14.8 Å². The fraction of sp³-hybridized carbons (Fsp3) is 0.333. The summed E-state index contributed by atoms with van der Waals surface area (Å²) in [6.07, 6.45) is 0. The molecule has 4 nitrogen and oxygen atoms in total. The number of nitrogens with zero attached hydrogens (tertiary/aromatic N) is 3. The summed E-state index contributed by atoms with van der Waals surface area (Å²) < 4.78 is 8.05. The average molecular weight is 368 g/mol. The standard InChI is InChI=1S/C21H25N3OS/c1-5-24-20(13-25-19-11-8-16(3)17(4)12-19)22-23-21(24)26-14-18-9-6-15(2)7-10-18/h6-12H,5,13-14H2,1-4H3. The summed E-state index contributed by atoms with van der Waals surface area (Å²) in [7, 11) is 0. The Morgan fingerprint density at radius 1 is 0.962 bits per heavy atom. The molecule has 0 saturated carbocycles. The molecule has 2 aromatic carbocycles. The molecule has 0 aliphatic carbocycles. The highest BCUT2D eigenvalue weighted by atomic mass is 32.2. The van der Waals surface area contributed by atoms with Gasteiger partial charge in [-0.2, -0.15) is 0 Å². The summed E-state index contributed by atoms with van der Waals surface area (Å²) in [5.41, 5.74) is 5.07. The van der Waals surface area contributed by atoms with Crippen molar-refractivity contribution in [1.82, 2.24) is 14.8 Å². The van der Waals surface area contributed by atoms with E-state index >= 15 is 0 Å². The summed E-state index contributed by atoms with van der Waals surface area (Å²) in [5, 5.41) is 9.63. The smallest absolute Gasteiger partial charge is 0.191 e. The monoisotopic (exact) mass is 367 g/mol. The van der Waals surface area contributed by atoms with E-state index in [9.17, 15) is 0 Å². The van der Waals surface area contributed by atoms with Gasteiger partial charge >= 0.3 is 0 Å². The van der Waals surface area contributed by atoms with Crippen molar-refractivity contribution in [2.24, 2.45) is 0 Å². The van der Waals surface area contributed by atoms with Crippen LogP contribution in [0.15, 0.2) is 47.6 Å². The third kappa shape index (κ3) is 4.47. The van der Waals surface area contributed by atoms with Gasteiger partial charge in [-0.15, -0.1) is 10.2 Å². The zero-order valence-corrected chi connectivity index (χ0v) is 16.6. The van der Waals surface area contributed by atoms with Crippen molar-refractivity contribution in [3.05, 3.63) is 70.5 Å². The van der Waals surface area contributed by atoms with Crippen LogP contribution in [0.2, 0.25) is 0 Å². The van der Waals surface area contributed by atoms with E-state index in [0.29, 0.717) is 6.61 Å². The molecule has 0 aliphatic rings. The van der Waals surface area contributed by atoms with Gasteiger partial charge in [0.05, 0.1) is 0 Å². The Bertz CT molecular complexity index is 871. The van der Waals surface area contributed by atoms with Crippen LogP contribution in [0.3, 0.4) is 0 Å². The molecule has 0 fully saturated rings. The number of benzene rings is 2. The molecule has 0 amide bonds. The molecule has 0 bridgehead atoms. The minimum absolute atomic E-state index is 0.425. The van der Waals surface area contributed by atoms with Gasteiger partial charge in [0.2, 0.25) is 0 Å². The van der Waals surface area contributed by atoms with E-state index in [1.54, 1.807) is 11.8 Å². The molecule has 0 aliphatic heterocycles. The third-order valence-electron chi connectivity index (χ3n) is 4.44. The van der Waals surface area contributed by atoms with Crippen LogP contribution in [0.1, 0.15) is 35.0 Å². The summed E-state index contributed by atoms with van der Waals surface area (Å²) in [4.78, 5) is 0. The van der Waals surface area contributed by atoms with Gasteiger partial charge in [0, 0.05) is 12.3 Å². The second-order valence-electron chi connectivity index (χ2n) is 6.45. The van der Waals surface area contributed by atoms with Gasteiger partial charge in [0.25, 0.3) is 0 Å². The van der Waals surface area contributed by atoms with Crippen molar-refractivity contribution in [2.75, 3.05) is 0 Å². The maximum Gasteiger partial charge on any atom is 0.191 e. The van der Waals surface area contributed by atoms with Gasteiger partial charge in [-0.1, -0.05) is 47.7 Å². The van der Waals surface area contributed by atoms with Crippen molar-refractivity contribution in [2.45, 2.75) is 51.8 Å². The molecular weight excluding hydrogens is 342 g/mol. The van der Waals surface area contributed by atoms with E-state index in [1.807, 2.05) is 6.07 Å². The van der Waals surface area contributed by atoms with Gasteiger partial charge in [0.15, 0.2) is 11.0 Å². The quantitative estimate of drug-likeness (QED) is 0.545. The molecule has 1 heterocycles. The number of ether oxygens (including phenoxy) is 1. The molecular formula is C21H25N3OS. The zero-order chi connectivity index (χ0) is 18.5. The Morgan fingerprint density at radius 2 is 1.73 bits per heavy atom. The first kappa shape index (κ1) is 18.5. The number of aromatic nitrogens is 3. The molecule has 0 spiro atoms. The molecule has 0 saturated heterocycles. The van der Waals surface area contributed by atoms with E-state index in [4.69, 9.17) is 4.74 Å². The van der Waals surface area contributed by atoms with Gasteiger partial charge in [0.1, 0.15) is 12.4 Å². The topological polar surface area (TPSA) is 39.9 Å². The Labute approximate surface area is 159 Å². The molecule has 0 N–H and O–H groups in total. The second-order valence-corrected chi connectivity index (χ2v) is 7.39. The minimum Gasteiger partial charge on any atom is -0.486 e. The first-order chi connectivity index (χ1) is 12.6. The van der Waals surface area contributed by atoms with Crippen molar-refractivity contribution in [3.8, 4) is 5.75 Å². The summed E-state index contributed by atoms with van der Waals surface area (Å²) in [5.74, 6) is 2.61. The number of rotatable bonds is 7. The van der Waals surface area contributed by atoms with Crippen molar-refractivity contribution in [3.63, 3.8) is 0 Å². The molecule has 1 aromatic heterocycles. The molecule has 3 rings (SSSR count). The number of thioether (sulfide) groups is 1. The van der Waals surface area contributed by atoms with Crippen LogP contribution in [-0.2, 0) is 18.9 Å². The highest BCUT2D eigenvalue weighted by molar-refractivity contribution is 7.98. The van der Waals surface area contributed by atoms with E-state index in [0.717, 1.165) is 29.0 Å². The van der Waals surface area contributed by atoms with Crippen LogP contribution in [0.25, 0.3) is 0 Å². The summed E-state index contributed by atoms with van der Waals surface area (Å²) in [6, 6.07) is 14.8. The predicted octanol–water partition coefficient (Wildman–Crippen LogP) is 5.09. The van der Waals surface area contributed by atoms with Crippen LogP contribution in [0, 0.1) is 20.8 Å². The Balaban J connectivity index is 1.65. The fourth-order valence-corrected chi connectivity index (χ4v) is 3.61. The Hall–Kier alpha value is -2.27. The molecule has 5 heteroatoms. The van der Waals surface area contributed by atoms with Crippen LogP contribution in [0.5, 0.6) is 5.75 Å². The SMILES string of the molecule is CCn1c(COc2ccc(C)c(C)c2)nnc1SCc1ccc(C)cc1. The first-order valence-corrected chi connectivity index (χ1v) is 9.86. The highest BCUT2D eigenvalue weighted by Gasteiger charge is 2.12. The van der Waals surface area contributed by atoms with Gasteiger partial charge < -0.3 is 9.30 Å². The molecule has 0 atom stereocenters. The lowest BCUT2D eigenvalue weighted by molar-refractivity contribution is 0.288.